The first kappa shape index (κ1) is 21.5. The lowest BCUT2D eigenvalue weighted by Crippen LogP contribution is -2.45. The number of amides is 4. The van der Waals surface area contributed by atoms with Gasteiger partial charge >= 0.3 is 5.97 Å². The SMILES string of the molecule is CNC(=O)c1cccc(NC(=O)COC(=O)[C@H](C)N2C(=O)[C@H]3CCCC[C@@H]3C2=O)c1. The Balaban J connectivity index is 1.55. The first-order chi connectivity index (χ1) is 14.3. The Bertz CT molecular complexity index is 859. The molecule has 3 atom stereocenters. The van der Waals surface area contributed by atoms with Crippen molar-refractivity contribution in [2.24, 2.45) is 11.8 Å². The van der Waals surface area contributed by atoms with Crippen molar-refractivity contribution in [3.8, 4) is 0 Å². The second-order valence-electron chi connectivity index (χ2n) is 7.54. The minimum absolute atomic E-state index is 0.299. The van der Waals surface area contributed by atoms with E-state index in [-0.39, 0.29) is 29.6 Å². The number of carbonyl (C=O) groups excluding carboxylic acids is 5. The van der Waals surface area contributed by atoms with Crippen LogP contribution in [0.3, 0.4) is 0 Å². The van der Waals surface area contributed by atoms with Crippen molar-refractivity contribution in [1.29, 1.82) is 0 Å². The zero-order chi connectivity index (χ0) is 21.8. The standard InChI is InChI=1S/C21H25N3O6/c1-12(24-19(27)15-8-3-4-9-16(15)20(24)28)21(29)30-11-17(25)23-14-7-5-6-13(10-14)18(26)22-2/h5-7,10,12,15-16H,3-4,8-9,11H2,1-2H3,(H,22,26)(H,23,25)/t12-,15-,16-/m0/s1. The van der Waals surface area contributed by atoms with Crippen LogP contribution in [0.5, 0.6) is 0 Å². The van der Waals surface area contributed by atoms with Crippen molar-refractivity contribution in [1.82, 2.24) is 10.2 Å². The molecular formula is C21H25N3O6. The minimum atomic E-state index is -1.08. The van der Waals surface area contributed by atoms with E-state index in [0.29, 0.717) is 24.1 Å². The molecular weight excluding hydrogens is 390 g/mol. The van der Waals surface area contributed by atoms with Gasteiger partial charge in [-0.25, -0.2) is 4.79 Å². The minimum Gasteiger partial charge on any atom is -0.454 e. The number of rotatable bonds is 6. The molecule has 1 aromatic rings. The summed E-state index contributed by atoms with van der Waals surface area (Å²) in [4.78, 5) is 62.3. The van der Waals surface area contributed by atoms with Crippen LogP contribution in [0.1, 0.15) is 43.0 Å². The van der Waals surface area contributed by atoms with E-state index in [1.807, 2.05) is 0 Å². The third kappa shape index (κ3) is 4.34. The highest BCUT2D eigenvalue weighted by molar-refractivity contribution is 6.08. The maximum absolute atomic E-state index is 12.6. The van der Waals surface area contributed by atoms with Gasteiger partial charge in [0.1, 0.15) is 6.04 Å². The van der Waals surface area contributed by atoms with Crippen LogP contribution < -0.4 is 10.6 Å². The van der Waals surface area contributed by atoms with Crippen molar-refractivity contribution in [3.05, 3.63) is 29.8 Å². The fourth-order valence-corrected chi connectivity index (χ4v) is 4.01. The summed E-state index contributed by atoms with van der Waals surface area (Å²) < 4.78 is 5.02. The van der Waals surface area contributed by atoms with Gasteiger partial charge in [0, 0.05) is 18.3 Å². The normalized spacial score (nSPS) is 21.6. The number of esters is 1. The number of hydrogen-bond donors (Lipinski definition) is 2. The van der Waals surface area contributed by atoms with Crippen LogP contribution in [0.2, 0.25) is 0 Å². The fraction of sp³-hybridized carbons (Fsp3) is 0.476. The molecule has 0 bridgehead atoms. The zero-order valence-electron chi connectivity index (χ0n) is 17.0. The number of nitrogens with zero attached hydrogens (tertiary/aromatic N) is 1. The van der Waals surface area contributed by atoms with Gasteiger partial charge in [0.25, 0.3) is 11.8 Å². The van der Waals surface area contributed by atoms with Crippen molar-refractivity contribution in [2.75, 3.05) is 19.0 Å². The van der Waals surface area contributed by atoms with Gasteiger partial charge in [-0.3, -0.25) is 24.1 Å². The summed E-state index contributed by atoms with van der Waals surface area (Å²) in [6.07, 6.45) is 3.11. The highest BCUT2D eigenvalue weighted by Crippen LogP contribution is 2.38. The van der Waals surface area contributed by atoms with Crippen LogP contribution in [-0.2, 0) is 23.9 Å². The monoisotopic (exact) mass is 415 g/mol. The molecule has 1 aliphatic heterocycles. The van der Waals surface area contributed by atoms with Crippen LogP contribution in [-0.4, -0.2) is 54.2 Å². The molecule has 1 saturated carbocycles. The summed E-state index contributed by atoms with van der Waals surface area (Å²) >= 11 is 0. The van der Waals surface area contributed by atoms with Crippen LogP contribution in [0.25, 0.3) is 0 Å². The Labute approximate surface area is 174 Å². The van der Waals surface area contributed by atoms with E-state index in [2.05, 4.69) is 10.6 Å². The molecule has 2 aliphatic rings. The first-order valence-electron chi connectivity index (χ1n) is 9.99. The van der Waals surface area contributed by atoms with Gasteiger partial charge in [0.15, 0.2) is 6.61 Å². The molecule has 0 unspecified atom stereocenters. The molecule has 0 radical (unpaired) electrons. The summed E-state index contributed by atoms with van der Waals surface area (Å²) in [6.45, 7) is 0.858. The van der Waals surface area contributed by atoms with E-state index in [1.54, 1.807) is 18.2 Å². The Morgan fingerprint density at radius 1 is 1.13 bits per heavy atom. The van der Waals surface area contributed by atoms with Crippen LogP contribution >= 0.6 is 0 Å². The summed E-state index contributed by atoms with van der Waals surface area (Å²) in [5, 5.41) is 5.03. The largest absolute Gasteiger partial charge is 0.454 e. The number of nitrogens with one attached hydrogen (secondary N) is 2. The maximum atomic E-state index is 12.6. The average molecular weight is 415 g/mol. The fourth-order valence-electron chi connectivity index (χ4n) is 4.01. The topological polar surface area (TPSA) is 122 Å². The molecule has 2 N–H and O–H groups in total. The molecule has 9 nitrogen and oxygen atoms in total. The third-order valence-corrected chi connectivity index (χ3v) is 5.58. The summed E-state index contributed by atoms with van der Waals surface area (Å²) in [5.74, 6) is -3.07. The molecule has 9 heteroatoms. The van der Waals surface area contributed by atoms with E-state index < -0.39 is 24.5 Å². The lowest BCUT2D eigenvalue weighted by molar-refractivity contribution is -0.159. The molecule has 1 aromatic carbocycles. The van der Waals surface area contributed by atoms with Crippen LogP contribution in [0.4, 0.5) is 5.69 Å². The number of ether oxygens (including phenoxy) is 1. The van der Waals surface area contributed by atoms with Gasteiger partial charge in [-0.1, -0.05) is 18.9 Å². The van der Waals surface area contributed by atoms with Crippen molar-refractivity contribution >= 4 is 35.3 Å². The van der Waals surface area contributed by atoms with Gasteiger partial charge < -0.3 is 15.4 Å². The number of imide groups is 1. The number of fused-ring (bicyclic) bond motifs is 1. The Morgan fingerprint density at radius 3 is 2.37 bits per heavy atom. The molecule has 1 aliphatic carbocycles. The third-order valence-electron chi connectivity index (χ3n) is 5.58. The highest BCUT2D eigenvalue weighted by Gasteiger charge is 2.51. The van der Waals surface area contributed by atoms with Gasteiger partial charge in [-0.2, -0.15) is 0 Å². The second-order valence-corrected chi connectivity index (χ2v) is 7.54. The number of likely N-dealkylation sites (tertiary alicyclic amines) is 1. The van der Waals surface area contributed by atoms with Crippen LogP contribution in [0.15, 0.2) is 24.3 Å². The lowest BCUT2D eigenvalue weighted by Gasteiger charge is -2.21. The number of benzene rings is 1. The number of carbonyl (C=O) groups is 5. The van der Waals surface area contributed by atoms with Crippen molar-refractivity contribution in [3.63, 3.8) is 0 Å². The maximum Gasteiger partial charge on any atom is 0.329 e. The Hall–Kier alpha value is -3.23. The quantitative estimate of drug-likeness (QED) is 0.530. The van der Waals surface area contributed by atoms with Gasteiger partial charge in [0.2, 0.25) is 11.8 Å². The number of hydrogen-bond acceptors (Lipinski definition) is 6. The summed E-state index contributed by atoms with van der Waals surface area (Å²) in [6, 6.07) is 5.21. The van der Waals surface area contributed by atoms with Gasteiger partial charge in [-0.05, 0) is 38.0 Å². The second kappa shape index (κ2) is 9.06. The van der Waals surface area contributed by atoms with Crippen molar-refractivity contribution in [2.45, 2.75) is 38.6 Å². The van der Waals surface area contributed by atoms with E-state index in [9.17, 15) is 24.0 Å². The molecule has 1 saturated heterocycles. The molecule has 2 fully saturated rings. The predicted molar refractivity (Wildman–Crippen MR) is 106 cm³/mol. The van der Waals surface area contributed by atoms with E-state index in [1.165, 1.54) is 20.0 Å². The molecule has 30 heavy (non-hydrogen) atoms. The predicted octanol–water partition coefficient (Wildman–Crippen LogP) is 1.09. The molecule has 4 amide bonds. The van der Waals surface area contributed by atoms with Crippen molar-refractivity contribution < 1.29 is 28.7 Å². The van der Waals surface area contributed by atoms with E-state index >= 15 is 0 Å². The number of anilines is 1. The van der Waals surface area contributed by atoms with Gasteiger partial charge in [0.05, 0.1) is 11.8 Å². The highest BCUT2D eigenvalue weighted by atomic mass is 16.5. The zero-order valence-corrected chi connectivity index (χ0v) is 17.0. The molecule has 0 aromatic heterocycles. The van der Waals surface area contributed by atoms with E-state index in [0.717, 1.165) is 17.7 Å². The van der Waals surface area contributed by atoms with E-state index in [4.69, 9.17) is 4.74 Å². The molecule has 1 heterocycles. The summed E-state index contributed by atoms with van der Waals surface area (Å²) in [7, 11) is 1.50. The molecule has 160 valence electrons. The average Bonchev–Trinajstić information content (AvgIpc) is 3.01. The molecule has 0 spiro atoms. The summed E-state index contributed by atoms with van der Waals surface area (Å²) in [5.41, 5.74) is 0.743. The Morgan fingerprint density at radius 2 is 1.77 bits per heavy atom. The smallest absolute Gasteiger partial charge is 0.329 e. The lowest BCUT2D eigenvalue weighted by atomic mass is 9.81. The molecule has 3 rings (SSSR count). The Kier molecular flexibility index (Phi) is 6.49. The first-order valence-corrected chi connectivity index (χ1v) is 9.99. The van der Waals surface area contributed by atoms with Crippen LogP contribution in [0, 0.1) is 11.8 Å². The van der Waals surface area contributed by atoms with Gasteiger partial charge in [-0.15, -0.1) is 0 Å².